The van der Waals surface area contributed by atoms with Crippen LogP contribution in [0, 0.1) is 28.7 Å². The van der Waals surface area contributed by atoms with Gasteiger partial charge < -0.3 is 9.57 Å². The summed E-state index contributed by atoms with van der Waals surface area (Å²) in [7, 11) is -0.240. The number of rotatable bonds is 5. The van der Waals surface area contributed by atoms with Crippen LogP contribution in [0.5, 0.6) is 0 Å². The number of allylic oxidation sites excluding steroid dienone is 3. The summed E-state index contributed by atoms with van der Waals surface area (Å²) in [5.41, 5.74) is 8.61. The van der Waals surface area contributed by atoms with Gasteiger partial charge in [0, 0.05) is 17.8 Å². The van der Waals surface area contributed by atoms with Gasteiger partial charge >= 0.3 is 5.97 Å². The number of carbonyl (C=O) groups excluding carboxylic acids is 1. The van der Waals surface area contributed by atoms with Crippen LogP contribution < -0.4 is 0 Å². The molecule has 0 aromatic rings. The maximum absolute atomic E-state index is 12.5. The van der Waals surface area contributed by atoms with E-state index in [0.29, 0.717) is 23.0 Å². The van der Waals surface area contributed by atoms with Gasteiger partial charge in [0.15, 0.2) is 0 Å². The molecule has 0 aromatic carbocycles. The maximum Gasteiger partial charge on any atom is 0.309 e. The van der Waals surface area contributed by atoms with Gasteiger partial charge in [0.05, 0.1) is 5.92 Å². The third kappa shape index (κ3) is 4.00. The molecule has 4 nitrogen and oxygen atoms in total. The fraction of sp³-hybridized carbons (Fsp3) is 0.704. The zero-order valence-corrected chi connectivity index (χ0v) is 22.4. The van der Waals surface area contributed by atoms with Crippen molar-refractivity contribution in [2.45, 2.75) is 97.4 Å². The highest BCUT2D eigenvalue weighted by molar-refractivity contribution is 6.90. The highest BCUT2D eigenvalue weighted by Gasteiger charge is 2.53. The second-order valence-electron chi connectivity index (χ2n) is 11.0. The molecule has 0 N–H and O–H groups in total. The minimum absolute atomic E-state index is 0.0546. The Balaban J connectivity index is 2.11. The van der Waals surface area contributed by atoms with E-state index in [1.165, 1.54) is 5.57 Å². The van der Waals surface area contributed by atoms with Crippen molar-refractivity contribution >= 4 is 19.8 Å². The van der Waals surface area contributed by atoms with E-state index in [1.54, 1.807) is 7.11 Å². The molecule has 2 fully saturated rings. The standard InChI is InChI=1S/C27H41NO3Si/c1-17(2)32(18(3)4,19(5)6)16-10-11-22-23(28-30-9)13-15-27(8)14-12-21-20(7)26(29)31-25(21)24(22)27/h13,15,17-21,25H,11-12,14H2,1-9H3/b28-23+/t20-,21-,25-,27-/m0/s1. The van der Waals surface area contributed by atoms with Crippen LogP contribution in [0.25, 0.3) is 0 Å². The quantitative estimate of drug-likeness (QED) is 0.207. The Morgan fingerprint density at radius 1 is 1.22 bits per heavy atom. The molecule has 0 amide bonds. The van der Waals surface area contributed by atoms with Gasteiger partial charge in [-0.2, -0.15) is 0 Å². The van der Waals surface area contributed by atoms with E-state index in [1.807, 2.05) is 6.92 Å². The summed E-state index contributed by atoms with van der Waals surface area (Å²) in [6.45, 7) is 18.3. The Kier molecular flexibility index (Phi) is 7.15. The van der Waals surface area contributed by atoms with Crippen LogP contribution in [0.3, 0.4) is 0 Å². The monoisotopic (exact) mass is 455 g/mol. The van der Waals surface area contributed by atoms with E-state index in [2.05, 4.69) is 77.2 Å². The van der Waals surface area contributed by atoms with Gasteiger partial charge in [-0.15, -0.1) is 11.5 Å². The van der Waals surface area contributed by atoms with E-state index < -0.39 is 8.07 Å². The summed E-state index contributed by atoms with van der Waals surface area (Å²) in [6.07, 6.45) is 6.75. The third-order valence-electron chi connectivity index (χ3n) is 8.41. The average Bonchev–Trinajstić information content (AvgIpc) is 2.99. The smallest absolute Gasteiger partial charge is 0.309 e. The number of hydrogen-bond donors (Lipinski definition) is 0. The Morgan fingerprint density at radius 3 is 2.41 bits per heavy atom. The van der Waals surface area contributed by atoms with Crippen LogP contribution in [0.15, 0.2) is 28.5 Å². The zero-order valence-electron chi connectivity index (χ0n) is 21.4. The molecule has 1 saturated carbocycles. The number of ether oxygens (including phenoxy) is 1. The lowest BCUT2D eigenvalue weighted by molar-refractivity contribution is -0.143. The molecule has 176 valence electrons. The van der Waals surface area contributed by atoms with Gasteiger partial charge in [-0.3, -0.25) is 4.79 Å². The van der Waals surface area contributed by atoms with Crippen molar-refractivity contribution in [1.82, 2.24) is 0 Å². The number of nitrogens with zero attached hydrogens (tertiary/aromatic N) is 1. The van der Waals surface area contributed by atoms with Gasteiger partial charge in [-0.05, 0) is 46.7 Å². The first-order valence-corrected chi connectivity index (χ1v) is 14.5. The maximum atomic E-state index is 12.5. The van der Waals surface area contributed by atoms with Crippen LogP contribution in [0.1, 0.15) is 74.7 Å². The van der Waals surface area contributed by atoms with E-state index in [-0.39, 0.29) is 29.3 Å². The summed E-state index contributed by atoms with van der Waals surface area (Å²) in [5.74, 6) is 3.73. The number of oxime groups is 1. The van der Waals surface area contributed by atoms with Crippen LogP contribution in [-0.4, -0.2) is 33.0 Å². The number of carbonyl (C=O) groups is 1. The Bertz CT molecular complexity index is 880. The highest BCUT2D eigenvalue weighted by atomic mass is 28.3. The van der Waals surface area contributed by atoms with Crippen molar-refractivity contribution < 1.29 is 14.4 Å². The molecule has 0 bridgehead atoms. The first-order chi connectivity index (χ1) is 15.0. The number of fused-ring (bicyclic) bond motifs is 3. The molecule has 1 saturated heterocycles. The van der Waals surface area contributed by atoms with Crippen LogP contribution in [-0.2, 0) is 14.4 Å². The minimum atomic E-state index is -1.82. The Morgan fingerprint density at radius 2 is 1.84 bits per heavy atom. The SMILES string of the molecule is CO/N=C1\C=C[C@]2(C)CC[C@H]3[C@H](C)C(=O)O[C@@H]3C2=C1CC#C[Si](C(C)C)(C(C)C)C(C)C. The number of hydrogen-bond acceptors (Lipinski definition) is 4. The summed E-state index contributed by atoms with van der Waals surface area (Å²) >= 11 is 0. The molecule has 0 unspecified atom stereocenters. The first-order valence-electron chi connectivity index (χ1n) is 12.2. The van der Waals surface area contributed by atoms with E-state index >= 15 is 0 Å². The lowest BCUT2D eigenvalue weighted by Crippen LogP contribution is -2.43. The molecule has 4 atom stereocenters. The fourth-order valence-electron chi connectivity index (χ4n) is 6.64. The van der Waals surface area contributed by atoms with Crippen molar-refractivity contribution in [2.75, 3.05) is 7.11 Å². The largest absolute Gasteiger partial charge is 0.457 e. The zero-order chi connectivity index (χ0) is 23.8. The molecule has 3 aliphatic rings. The summed E-state index contributed by atoms with van der Waals surface area (Å²) in [6, 6.07) is 0. The van der Waals surface area contributed by atoms with E-state index in [0.717, 1.165) is 24.1 Å². The van der Waals surface area contributed by atoms with Crippen molar-refractivity contribution in [2.24, 2.45) is 22.4 Å². The van der Waals surface area contributed by atoms with Crippen molar-refractivity contribution in [3.05, 3.63) is 23.3 Å². The summed E-state index contributed by atoms with van der Waals surface area (Å²) in [5, 5.41) is 4.33. The third-order valence-corrected chi connectivity index (χ3v) is 14.8. The Labute approximate surface area is 195 Å². The molecular formula is C27H41NO3Si. The molecular weight excluding hydrogens is 414 g/mol. The van der Waals surface area contributed by atoms with Gasteiger partial charge in [0.25, 0.3) is 0 Å². The Hall–Kier alpha value is -1.80. The van der Waals surface area contributed by atoms with Gasteiger partial charge in [0.1, 0.15) is 27.0 Å². The lowest BCUT2D eigenvalue weighted by atomic mass is 9.61. The van der Waals surface area contributed by atoms with Gasteiger partial charge in [-0.1, -0.05) is 66.6 Å². The van der Waals surface area contributed by atoms with Gasteiger partial charge in [-0.25, -0.2) is 0 Å². The first kappa shape index (κ1) is 24.8. The predicted molar refractivity (Wildman–Crippen MR) is 134 cm³/mol. The molecule has 32 heavy (non-hydrogen) atoms. The molecule has 0 aromatic heterocycles. The molecule has 3 rings (SSSR count). The van der Waals surface area contributed by atoms with E-state index in [4.69, 9.17) is 9.57 Å². The van der Waals surface area contributed by atoms with E-state index in [9.17, 15) is 4.79 Å². The molecule has 0 radical (unpaired) electrons. The molecule has 1 heterocycles. The normalized spacial score (nSPS) is 31.1. The van der Waals surface area contributed by atoms with Crippen molar-refractivity contribution in [3.63, 3.8) is 0 Å². The van der Waals surface area contributed by atoms with Crippen molar-refractivity contribution in [1.29, 1.82) is 0 Å². The molecule has 5 heteroatoms. The summed E-state index contributed by atoms with van der Waals surface area (Å²) in [4.78, 5) is 17.7. The lowest BCUT2D eigenvalue weighted by Gasteiger charge is -2.43. The molecule has 0 spiro atoms. The average molecular weight is 456 g/mol. The predicted octanol–water partition coefficient (Wildman–Crippen LogP) is 6.44. The fourth-order valence-corrected chi connectivity index (χ4v) is 11.9. The van der Waals surface area contributed by atoms with Crippen molar-refractivity contribution in [3.8, 4) is 11.5 Å². The second-order valence-corrected chi connectivity index (χ2v) is 16.6. The molecule has 1 aliphatic heterocycles. The topological polar surface area (TPSA) is 47.9 Å². The summed E-state index contributed by atoms with van der Waals surface area (Å²) < 4.78 is 5.96. The van der Waals surface area contributed by atoms with Gasteiger partial charge in [0.2, 0.25) is 0 Å². The minimum Gasteiger partial charge on any atom is -0.457 e. The molecule has 2 aliphatic carbocycles. The van der Waals surface area contributed by atoms with Crippen LogP contribution in [0.2, 0.25) is 16.6 Å². The number of esters is 1. The second kappa shape index (κ2) is 9.21. The van der Waals surface area contributed by atoms with Crippen LogP contribution in [0.4, 0.5) is 0 Å². The highest BCUT2D eigenvalue weighted by Crippen LogP contribution is 2.53. The van der Waals surface area contributed by atoms with Crippen LogP contribution >= 0.6 is 0 Å².